The van der Waals surface area contributed by atoms with Gasteiger partial charge in [-0.3, -0.25) is 14.9 Å². The van der Waals surface area contributed by atoms with E-state index in [0.29, 0.717) is 11.8 Å². The number of amides is 1. The van der Waals surface area contributed by atoms with Gasteiger partial charge in [0, 0.05) is 24.5 Å². The lowest BCUT2D eigenvalue weighted by Crippen LogP contribution is -2.21. The summed E-state index contributed by atoms with van der Waals surface area (Å²) < 4.78 is 13.5. The summed E-state index contributed by atoms with van der Waals surface area (Å²) in [5.74, 6) is -1.61. The Bertz CT molecular complexity index is 789. The van der Waals surface area contributed by atoms with Gasteiger partial charge in [-0.1, -0.05) is 0 Å². The topological polar surface area (TPSA) is 102 Å². The molecule has 132 valence electrons. The van der Waals surface area contributed by atoms with E-state index in [-0.39, 0.29) is 11.3 Å². The highest BCUT2D eigenvalue weighted by Gasteiger charge is 2.21. The molecular weight excluding hydrogens is 327 g/mol. The predicted molar refractivity (Wildman–Crippen MR) is 95.4 cm³/mol. The Morgan fingerprint density at radius 3 is 2.36 bits per heavy atom. The van der Waals surface area contributed by atoms with Crippen LogP contribution in [0.5, 0.6) is 0 Å². The molecule has 0 bridgehead atoms. The number of nitrogen functional groups attached to an aromatic ring is 1. The molecule has 0 heterocycles. The van der Waals surface area contributed by atoms with Crippen LogP contribution in [0.4, 0.5) is 27.1 Å². The number of nitrogens with zero attached hydrogens (tertiary/aromatic N) is 2. The molecule has 0 radical (unpaired) electrons. The lowest BCUT2D eigenvalue weighted by molar-refractivity contribution is -0.384. The van der Waals surface area contributed by atoms with Gasteiger partial charge >= 0.3 is 0 Å². The molecule has 8 heteroatoms. The van der Waals surface area contributed by atoms with Crippen molar-refractivity contribution in [3.8, 4) is 0 Å². The molecule has 0 aliphatic rings. The number of benzene rings is 2. The third kappa shape index (κ3) is 4.03. The molecule has 2 aromatic carbocycles. The van der Waals surface area contributed by atoms with E-state index >= 15 is 0 Å². The smallest absolute Gasteiger partial charge is 0.295 e. The molecule has 2 rings (SSSR count). The molecule has 0 saturated heterocycles. The summed E-state index contributed by atoms with van der Waals surface area (Å²) in [6, 6.07) is 8.66. The van der Waals surface area contributed by atoms with Crippen LogP contribution in [0.2, 0.25) is 0 Å². The Kier molecular flexibility index (Phi) is 5.53. The van der Waals surface area contributed by atoms with Gasteiger partial charge in [0.15, 0.2) is 0 Å². The van der Waals surface area contributed by atoms with Gasteiger partial charge in [-0.25, -0.2) is 4.39 Å². The maximum Gasteiger partial charge on any atom is 0.295 e. The van der Waals surface area contributed by atoms with Crippen molar-refractivity contribution in [2.24, 2.45) is 0 Å². The number of nitro groups is 1. The number of nitrogens with one attached hydrogen (secondary N) is 1. The Morgan fingerprint density at radius 2 is 1.84 bits per heavy atom. The van der Waals surface area contributed by atoms with Gasteiger partial charge in [0.1, 0.15) is 11.5 Å². The molecule has 0 aliphatic carbocycles. The highest BCUT2D eigenvalue weighted by molar-refractivity contribution is 6.09. The fourth-order valence-corrected chi connectivity index (χ4v) is 2.49. The lowest BCUT2D eigenvalue weighted by atomic mass is 10.1. The molecule has 3 N–H and O–H groups in total. The number of carbonyl (C=O) groups excluding carboxylic acids is 1. The first-order valence-corrected chi connectivity index (χ1v) is 7.77. The SMILES string of the molecule is CCN(CC)c1ccc(NC(=O)c2cc(F)cc([N+](=O)[O-])c2N)cc1. The summed E-state index contributed by atoms with van der Waals surface area (Å²) in [7, 11) is 0. The van der Waals surface area contributed by atoms with E-state index in [1.807, 2.05) is 26.0 Å². The fourth-order valence-electron chi connectivity index (χ4n) is 2.49. The molecule has 7 nitrogen and oxygen atoms in total. The molecule has 0 atom stereocenters. The van der Waals surface area contributed by atoms with Crippen LogP contribution >= 0.6 is 0 Å². The molecular formula is C17H19FN4O3. The van der Waals surface area contributed by atoms with Gasteiger partial charge in [0.05, 0.1) is 16.6 Å². The zero-order valence-corrected chi connectivity index (χ0v) is 14.0. The highest BCUT2D eigenvalue weighted by Crippen LogP contribution is 2.27. The van der Waals surface area contributed by atoms with Gasteiger partial charge in [-0.2, -0.15) is 0 Å². The summed E-state index contributed by atoms with van der Waals surface area (Å²) >= 11 is 0. The van der Waals surface area contributed by atoms with E-state index < -0.39 is 22.3 Å². The van der Waals surface area contributed by atoms with Crippen LogP contribution < -0.4 is 16.0 Å². The minimum absolute atomic E-state index is 0.278. The number of nitro benzene ring substituents is 1. The molecule has 0 fully saturated rings. The number of rotatable bonds is 6. The van der Waals surface area contributed by atoms with Crippen LogP contribution in [-0.4, -0.2) is 23.9 Å². The largest absolute Gasteiger partial charge is 0.393 e. The van der Waals surface area contributed by atoms with Crippen molar-refractivity contribution in [1.82, 2.24) is 0 Å². The van der Waals surface area contributed by atoms with Gasteiger partial charge in [-0.15, -0.1) is 0 Å². The predicted octanol–water partition coefficient (Wildman–Crippen LogP) is 3.41. The quantitative estimate of drug-likeness (QED) is 0.474. The third-order valence-corrected chi connectivity index (χ3v) is 3.82. The van der Waals surface area contributed by atoms with Crippen LogP contribution in [0.3, 0.4) is 0 Å². The van der Waals surface area contributed by atoms with Crippen molar-refractivity contribution in [3.05, 3.63) is 57.9 Å². The van der Waals surface area contributed by atoms with Crippen molar-refractivity contribution < 1.29 is 14.1 Å². The Labute approximate surface area is 144 Å². The number of halogens is 1. The highest BCUT2D eigenvalue weighted by atomic mass is 19.1. The zero-order chi connectivity index (χ0) is 18.6. The van der Waals surface area contributed by atoms with Crippen molar-refractivity contribution >= 4 is 28.7 Å². The number of anilines is 3. The third-order valence-electron chi connectivity index (χ3n) is 3.82. The van der Waals surface area contributed by atoms with E-state index in [1.54, 1.807) is 12.1 Å². The molecule has 2 aromatic rings. The molecule has 0 unspecified atom stereocenters. The van der Waals surface area contributed by atoms with Crippen molar-refractivity contribution in [1.29, 1.82) is 0 Å². The van der Waals surface area contributed by atoms with Crippen molar-refractivity contribution in [3.63, 3.8) is 0 Å². The first-order chi connectivity index (χ1) is 11.9. The standard InChI is InChI=1S/C17H19FN4O3/c1-3-21(4-2)13-7-5-12(6-8-13)20-17(23)14-9-11(18)10-15(16(14)19)22(24)25/h5-10H,3-4,19H2,1-2H3,(H,20,23). The zero-order valence-electron chi connectivity index (χ0n) is 14.0. The van der Waals surface area contributed by atoms with E-state index in [1.165, 1.54) is 0 Å². The van der Waals surface area contributed by atoms with Crippen molar-refractivity contribution in [2.75, 3.05) is 29.0 Å². The molecule has 1 amide bonds. The molecule has 0 spiro atoms. The van der Waals surface area contributed by atoms with Gasteiger partial charge in [0.25, 0.3) is 11.6 Å². The monoisotopic (exact) mass is 346 g/mol. The molecule has 25 heavy (non-hydrogen) atoms. The lowest BCUT2D eigenvalue weighted by Gasteiger charge is -2.21. The maximum atomic E-state index is 13.5. The number of nitrogens with two attached hydrogens (primary N) is 1. The second-order valence-corrected chi connectivity index (χ2v) is 5.32. The molecule has 0 aliphatic heterocycles. The maximum absolute atomic E-state index is 13.5. The summed E-state index contributed by atoms with van der Waals surface area (Å²) in [5, 5.41) is 13.5. The Morgan fingerprint density at radius 1 is 1.24 bits per heavy atom. The van der Waals surface area contributed by atoms with Crippen LogP contribution in [0, 0.1) is 15.9 Å². The number of hydrogen-bond donors (Lipinski definition) is 2. The van der Waals surface area contributed by atoms with Crippen LogP contribution in [0.1, 0.15) is 24.2 Å². The summed E-state index contributed by atoms with van der Waals surface area (Å²) in [4.78, 5) is 24.5. The minimum Gasteiger partial charge on any atom is -0.393 e. The summed E-state index contributed by atoms with van der Waals surface area (Å²) in [5.41, 5.74) is 5.83. The van der Waals surface area contributed by atoms with Crippen molar-refractivity contribution in [2.45, 2.75) is 13.8 Å². The molecule has 0 aromatic heterocycles. The van der Waals surface area contributed by atoms with E-state index in [2.05, 4.69) is 10.2 Å². The number of hydrogen-bond acceptors (Lipinski definition) is 5. The summed E-state index contributed by atoms with van der Waals surface area (Å²) in [6.07, 6.45) is 0. The van der Waals surface area contributed by atoms with Gasteiger partial charge in [-0.05, 0) is 44.2 Å². The first kappa shape index (κ1) is 18.2. The summed E-state index contributed by atoms with van der Waals surface area (Å²) in [6.45, 7) is 5.79. The minimum atomic E-state index is -0.900. The molecule has 0 saturated carbocycles. The van der Waals surface area contributed by atoms with E-state index in [9.17, 15) is 19.3 Å². The van der Waals surface area contributed by atoms with Gasteiger partial charge in [0.2, 0.25) is 0 Å². The van der Waals surface area contributed by atoms with Crippen LogP contribution in [0.25, 0.3) is 0 Å². The normalized spacial score (nSPS) is 10.4. The van der Waals surface area contributed by atoms with E-state index in [0.717, 1.165) is 24.8 Å². The average molecular weight is 346 g/mol. The average Bonchev–Trinajstić information content (AvgIpc) is 2.58. The van der Waals surface area contributed by atoms with Crippen LogP contribution in [-0.2, 0) is 0 Å². The first-order valence-electron chi connectivity index (χ1n) is 7.77. The second kappa shape index (κ2) is 7.61. The number of carbonyl (C=O) groups is 1. The van der Waals surface area contributed by atoms with Crippen LogP contribution in [0.15, 0.2) is 36.4 Å². The van der Waals surface area contributed by atoms with E-state index in [4.69, 9.17) is 5.73 Å². The Hall–Kier alpha value is -3.16. The fraction of sp³-hybridized carbons (Fsp3) is 0.235. The van der Waals surface area contributed by atoms with Gasteiger partial charge < -0.3 is 16.0 Å². The Balaban J connectivity index is 2.24. The second-order valence-electron chi connectivity index (χ2n) is 5.32.